The van der Waals surface area contributed by atoms with Gasteiger partial charge in [-0.05, 0) is 46.6 Å². The normalized spacial score (nSPS) is 11.8. The van der Waals surface area contributed by atoms with Gasteiger partial charge in [0.05, 0.1) is 17.5 Å². The van der Waals surface area contributed by atoms with E-state index in [1.807, 2.05) is 33.8 Å². The van der Waals surface area contributed by atoms with E-state index in [0.717, 1.165) is 11.4 Å². The number of rotatable bonds is 7. The molecule has 1 heterocycles. The molecule has 0 aliphatic heterocycles. The first-order valence-corrected chi connectivity index (χ1v) is 7.90. The largest absolute Gasteiger partial charge is 0.481 e. The Morgan fingerprint density at radius 1 is 1.27 bits per heavy atom. The van der Waals surface area contributed by atoms with Gasteiger partial charge in [0.15, 0.2) is 0 Å². The maximum atomic E-state index is 12.7. The van der Waals surface area contributed by atoms with E-state index in [-0.39, 0.29) is 18.4 Å². The van der Waals surface area contributed by atoms with Crippen molar-refractivity contribution in [2.24, 2.45) is 0 Å². The number of aliphatic carboxylic acids is 1. The summed E-state index contributed by atoms with van der Waals surface area (Å²) in [7, 11) is 0. The highest BCUT2D eigenvalue weighted by atomic mass is 16.4. The molecule has 1 amide bonds. The van der Waals surface area contributed by atoms with Crippen LogP contribution in [0.15, 0.2) is 6.07 Å². The fourth-order valence-electron chi connectivity index (χ4n) is 3.12. The summed E-state index contributed by atoms with van der Waals surface area (Å²) in [5.41, 5.74) is 1.89. The van der Waals surface area contributed by atoms with Crippen molar-refractivity contribution in [2.45, 2.75) is 72.4 Å². The molecular weight excluding hydrogens is 280 g/mol. The lowest BCUT2D eigenvalue weighted by Gasteiger charge is -2.31. The van der Waals surface area contributed by atoms with Crippen LogP contribution in [0.2, 0.25) is 0 Å². The zero-order chi connectivity index (χ0) is 17.1. The van der Waals surface area contributed by atoms with Gasteiger partial charge in [-0.25, -0.2) is 0 Å². The number of carboxylic acids is 1. The molecule has 0 spiro atoms. The monoisotopic (exact) mass is 308 g/mol. The molecular formula is C17H28N2O3. The Balaban J connectivity index is 3.11. The molecule has 124 valence electrons. The lowest BCUT2D eigenvalue weighted by molar-refractivity contribution is -0.138. The third kappa shape index (κ3) is 3.70. The van der Waals surface area contributed by atoms with Gasteiger partial charge in [-0.3, -0.25) is 9.59 Å². The smallest absolute Gasteiger partial charge is 0.305 e. The van der Waals surface area contributed by atoms with Gasteiger partial charge in [-0.2, -0.15) is 0 Å². The van der Waals surface area contributed by atoms with Crippen LogP contribution in [0, 0.1) is 13.8 Å². The minimum Gasteiger partial charge on any atom is -0.481 e. The van der Waals surface area contributed by atoms with Crippen LogP contribution in [-0.4, -0.2) is 27.1 Å². The molecule has 0 saturated heterocycles. The Morgan fingerprint density at radius 2 is 1.82 bits per heavy atom. The van der Waals surface area contributed by atoms with Crippen LogP contribution in [0.5, 0.6) is 0 Å². The summed E-state index contributed by atoms with van der Waals surface area (Å²) in [6.45, 7) is 11.9. The average molecular weight is 308 g/mol. The molecule has 1 aromatic rings. The van der Waals surface area contributed by atoms with Crippen molar-refractivity contribution in [1.82, 2.24) is 9.88 Å². The number of aromatic nitrogens is 1. The minimum atomic E-state index is -0.892. The molecule has 0 bridgehead atoms. The summed E-state index contributed by atoms with van der Waals surface area (Å²) >= 11 is 0. The van der Waals surface area contributed by atoms with Crippen molar-refractivity contribution in [2.75, 3.05) is 0 Å². The number of amides is 1. The van der Waals surface area contributed by atoms with E-state index in [4.69, 9.17) is 5.11 Å². The summed E-state index contributed by atoms with van der Waals surface area (Å²) in [5.74, 6) is -1.08. The van der Waals surface area contributed by atoms with Gasteiger partial charge in [0.2, 0.25) is 0 Å². The predicted molar refractivity (Wildman–Crippen MR) is 87.3 cm³/mol. The van der Waals surface area contributed by atoms with Crippen molar-refractivity contribution in [3.63, 3.8) is 0 Å². The van der Waals surface area contributed by atoms with E-state index in [1.54, 1.807) is 0 Å². The van der Waals surface area contributed by atoms with Gasteiger partial charge in [0, 0.05) is 17.4 Å². The Bertz CT molecular complexity index is 554. The summed E-state index contributed by atoms with van der Waals surface area (Å²) < 4.78 is 2.12. The number of hydrogen-bond donors (Lipinski definition) is 2. The highest BCUT2D eigenvalue weighted by molar-refractivity contribution is 5.96. The fraction of sp³-hybridized carbons (Fsp3) is 0.647. The molecule has 1 aromatic heterocycles. The number of nitrogens with zero attached hydrogens (tertiary/aromatic N) is 1. The van der Waals surface area contributed by atoms with Crippen LogP contribution < -0.4 is 5.32 Å². The van der Waals surface area contributed by atoms with E-state index in [0.29, 0.717) is 18.4 Å². The third-order valence-electron chi connectivity index (χ3n) is 4.47. The molecule has 0 atom stereocenters. The predicted octanol–water partition coefficient (Wildman–Crippen LogP) is 3.45. The number of carbonyl (C=O) groups excluding carboxylic acids is 1. The molecule has 2 N–H and O–H groups in total. The molecule has 0 aliphatic rings. The maximum absolute atomic E-state index is 12.7. The molecule has 1 rings (SSSR count). The first kappa shape index (κ1) is 18.3. The fourth-order valence-corrected chi connectivity index (χ4v) is 3.12. The van der Waals surface area contributed by atoms with Crippen LogP contribution in [-0.2, 0) is 4.79 Å². The second kappa shape index (κ2) is 6.99. The Hall–Kier alpha value is -1.78. The highest BCUT2D eigenvalue weighted by Gasteiger charge is 2.32. The van der Waals surface area contributed by atoms with Gasteiger partial charge in [0.25, 0.3) is 5.91 Å². The topological polar surface area (TPSA) is 71.3 Å². The van der Waals surface area contributed by atoms with E-state index in [1.165, 1.54) is 0 Å². The first-order valence-electron chi connectivity index (χ1n) is 7.90. The van der Waals surface area contributed by atoms with Gasteiger partial charge >= 0.3 is 5.97 Å². The average Bonchev–Trinajstić information content (AvgIpc) is 2.72. The Morgan fingerprint density at radius 3 is 2.18 bits per heavy atom. The molecule has 0 unspecified atom stereocenters. The number of nitrogens with one attached hydrogen (secondary N) is 1. The van der Waals surface area contributed by atoms with Gasteiger partial charge in [0.1, 0.15) is 0 Å². The summed E-state index contributed by atoms with van der Waals surface area (Å²) in [6.07, 6.45) is 1.11. The van der Waals surface area contributed by atoms with Crippen LogP contribution in [0.4, 0.5) is 0 Å². The van der Waals surface area contributed by atoms with E-state index < -0.39 is 11.5 Å². The first-order chi connectivity index (χ1) is 10.2. The molecule has 0 aliphatic carbocycles. The zero-order valence-corrected chi connectivity index (χ0v) is 14.5. The van der Waals surface area contributed by atoms with E-state index in [9.17, 15) is 9.59 Å². The molecule has 22 heavy (non-hydrogen) atoms. The van der Waals surface area contributed by atoms with E-state index in [2.05, 4.69) is 23.7 Å². The Kier molecular flexibility index (Phi) is 5.80. The summed E-state index contributed by atoms with van der Waals surface area (Å²) in [6, 6.07) is 2.16. The van der Waals surface area contributed by atoms with Crippen LogP contribution in [0.25, 0.3) is 0 Å². The van der Waals surface area contributed by atoms with Crippen molar-refractivity contribution < 1.29 is 14.7 Å². The lowest BCUT2D eigenvalue weighted by atomic mass is 9.88. The molecule has 0 saturated carbocycles. The quantitative estimate of drug-likeness (QED) is 0.810. The zero-order valence-electron chi connectivity index (χ0n) is 14.5. The minimum absolute atomic E-state index is 0.0609. The van der Waals surface area contributed by atoms with Crippen molar-refractivity contribution in [3.8, 4) is 0 Å². The molecule has 5 nitrogen and oxygen atoms in total. The molecule has 0 radical (unpaired) electrons. The number of carboxylic acid groups (broad SMARTS) is 1. The van der Waals surface area contributed by atoms with Crippen molar-refractivity contribution >= 4 is 11.9 Å². The molecule has 0 fully saturated rings. The lowest BCUT2D eigenvalue weighted by Crippen LogP contribution is -2.49. The molecule has 5 heteroatoms. The maximum Gasteiger partial charge on any atom is 0.305 e. The SMILES string of the molecule is CCC(CC)(CC(=O)O)NC(=O)c1cc(C)n(C(C)C)c1C. The van der Waals surface area contributed by atoms with Gasteiger partial charge in [-0.1, -0.05) is 13.8 Å². The molecule has 0 aromatic carbocycles. The second-order valence-electron chi connectivity index (χ2n) is 6.26. The van der Waals surface area contributed by atoms with E-state index >= 15 is 0 Å². The number of carbonyl (C=O) groups is 2. The Labute approximate surface area is 132 Å². The van der Waals surface area contributed by atoms with Crippen molar-refractivity contribution in [3.05, 3.63) is 23.0 Å². The summed E-state index contributed by atoms with van der Waals surface area (Å²) in [4.78, 5) is 23.8. The van der Waals surface area contributed by atoms with Gasteiger partial charge in [-0.15, -0.1) is 0 Å². The van der Waals surface area contributed by atoms with Crippen molar-refractivity contribution in [1.29, 1.82) is 0 Å². The summed E-state index contributed by atoms with van der Waals surface area (Å²) in [5, 5.41) is 12.1. The standard InChI is InChI=1S/C17H28N2O3/c1-7-17(8-2,10-15(20)21)18-16(22)14-9-12(5)19(11(3)4)13(14)6/h9,11H,7-8,10H2,1-6H3,(H,18,22)(H,20,21). The van der Waals surface area contributed by atoms with Gasteiger partial charge < -0.3 is 15.0 Å². The highest BCUT2D eigenvalue weighted by Crippen LogP contribution is 2.24. The van der Waals surface area contributed by atoms with Crippen LogP contribution in [0.3, 0.4) is 0 Å². The second-order valence-corrected chi connectivity index (χ2v) is 6.26. The third-order valence-corrected chi connectivity index (χ3v) is 4.47. The number of aryl methyl sites for hydroxylation is 1. The number of hydrogen-bond acceptors (Lipinski definition) is 2. The van der Waals surface area contributed by atoms with Crippen LogP contribution in [0.1, 0.15) is 74.7 Å². The van der Waals surface area contributed by atoms with Crippen LogP contribution >= 0.6 is 0 Å².